The predicted octanol–water partition coefficient (Wildman–Crippen LogP) is 3.51. The van der Waals surface area contributed by atoms with Crippen LogP contribution in [-0.4, -0.2) is 48.1 Å². The van der Waals surface area contributed by atoms with E-state index >= 15 is 0 Å². The molecule has 1 fully saturated rings. The van der Waals surface area contributed by atoms with Crippen molar-refractivity contribution in [2.45, 2.75) is 25.0 Å². The van der Waals surface area contributed by atoms with E-state index in [9.17, 15) is 14.7 Å². The molecule has 6 nitrogen and oxygen atoms in total. The third kappa shape index (κ3) is 3.31. The van der Waals surface area contributed by atoms with E-state index in [-0.39, 0.29) is 17.5 Å². The number of carbonyl (C=O) groups excluding carboxylic acids is 2. The number of rotatable bonds is 6. The molecule has 28 heavy (non-hydrogen) atoms. The van der Waals surface area contributed by atoms with Crippen molar-refractivity contribution in [2.75, 3.05) is 20.3 Å². The van der Waals surface area contributed by atoms with Gasteiger partial charge in [-0.05, 0) is 42.0 Å². The summed E-state index contributed by atoms with van der Waals surface area (Å²) in [7, 11) is 1.58. The highest BCUT2D eigenvalue weighted by molar-refractivity contribution is 7.12. The maximum atomic E-state index is 13.1. The lowest BCUT2D eigenvalue weighted by Gasteiger charge is -2.29. The fourth-order valence-electron chi connectivity index (χ4n) is 3.75. The Labute approximate surface area is 167 Å². The smallest absolute Gasteiger partial charge is 0.290 e. The standard InChI is InChI=1S/C21H21NO5S/c1-26-14-8-6-13(7-9-14)18-17(19(23)16-5-3-11-28-16)20(24)21(25)22(18)12-15-4-2-10-27-15/h3,5-9,11,15,18,24H,2,4,10,12H2,1H3/t15-,18-/m1/s1. The summed E-state index contributed by atoms with van der Waals surface area (Å²) in [6.45, 7) is 1.00. The first-order chi connectivity index (χ1) is 13.6. The molecule has 1 N–H and O–H groups in total. The van der Waals surface area contributed by atoms with Crippen LogP contribution in [0.25, 0.3) is 0 Å². The van der Waals surface area contributed by atoms with Crippen LogP contribution in [0.15, 0.2) is 53.1 Å². The maximum Gasteiger partial charge on any atom is 0.290 e. The van der Waals surface area contributed by atoms with Crippen molar-refractivity contribution < 1.29 is 24.2 Å². The fourth-order valence-corrected chi connectivity index (χ4v) is 4.43. The minimum atomic E-state index is -0.655. The minimum Gasteiger partial charge on any atom is -0.503 e. The number of aliphatic hydroxyl groups is 1. The van der Waals surface area contributed by atoms with Gasteiger partial charge in [-0.2, -0.15) is 0 Å². The Balaban J connectivity index is 1.74. The number of ether oxygens (including phenoxy) is 2. The van der Waals surface area contributed by atoms with Crippen LogP contribution in [0.1, 0.15) is 34.1 Å². The number of hydrogen-bond acceptors (Lipinski definition) is 6. The van der Waals surface area contributed by atoms with Gasteiger partial charge in [0.2, 0.25) is 5.78 Å². The predicted molar refractivity (Wildman–Crippen MR) is 105 cm³/mol. The van der Waals surface area contributed by atoms with E-state index in [0.717, 1.165) is 18.4 Å². The highest BCUT2D eigenvalue weighted by Gasteiger charge is 2.45. The Morgan fingerprint density at radius 1 is 1.32 bits per heavy atom. The van der Waals surface area contributed by atoms with E-state index in [4.69, 9.17) is 9.47 Å². The van der Waals surface area contributed by atoms with Crippen molar-refractivity contribution in [3.8, 4) is 5.75 Å². The Morgan fingerprint density at radius 3 is 2.71 bits per heavy atom. The number of thiophene rings is 1. The summed E-state index contributed by atoms with van der Waals surface area (Å²) >= 11 is 1.29. The molecule has 1 aromatic carbocycles. The SMILES string of the molecule is COc1ccc([C@@H]2C(C(=O)c3cccs3)=C(O)C(=O)N2C[C@H]2CCCO2)cc1. The van der Waals surface area contributed by atoms with E-state index in [1.807, 2.05) is 12.1 Å². The third-order valence-electron chi connectivity index (χ3n) is 5.15. The second-order valence-electron chi connectivity index (χ2n) is 6.84. The number of ketones is 1. The molecule has 3 heterocycles. The molecule has 0 spiro atoms. The van der Waals surface area contributed by atoms with Crippen molar-refractivity contribution in [1.29, 1.82) is 0 Å². The second kappa shape index (κ2) is 7.77. The van der Waals surface area contributed by atoms with Gasteiger partial charge in [-0.3, -0.25) is 9.59 Å². The van der Waals surface area contributed by atoms with E-state index in [1.54, 1.807) is 41.7 Å². The first-order valence-corrected chi connectivity index (χ1v) is 10.1. The monoisotopic (exact) mass is 399 g/mol. The number of carbonyl (C=O) groups is 2. The van der Waals surface area contributed by atoms with Crippen LogP contribution in [0.2, 0.25) is 0 Å². The van der Waals surface area contributed by atoms with Gasteiger partial charge in [0, 0.05) is 13.2 Å². The molecule has 0 bridgehead atoms. The first-order valence-electron chi connectivity index (χ1n) is 9.18. The molecular formula is C21H21NO5S. The van der Waals surface area contributed by atoms with Crippen LogP contribution in [0.4, 0.5) is 0 Å². The molecule has 1 saturated heterocycles. The van der Waals surface area contributed by atoms with E-state index in [0.29, 0.717) is 23.8 Å². The molecule has 0 unspecified atom stereocenters. The van der Waals surface area contributed by atoms with Gasteiger partial charge < -0.3 is 19.5 Å². The summed E-state index contributed by atoms with van der Waals surface area (Å²) in [6.07, 6.45) is 1.71. The quantitative estimate of drug-likeness (QED) is 0.753. The van der Waals surface area contributed by atoms with Crippen LogP contribution in [0.5, 0.6) is 5.75 Å². The molecule has 2 aromatic rings. The highest BCUT2D eigenvalue weighted by Crippen LogP contribution is 2.40. The third-order valence-corrected chi connectivity index (χ3v) is 6.02. The average molecular weight is 399 g/mol. The lowest BCUT2D eigenvalue weighted by Crippen LogP contribution is -2.37. The van der Waals surface area contributed by atoms with Crippen molar-refractivity contribution in [1.82, 2.24) is 4.90 Å². The Kier molecular flexibility index (Phi) is 5.19. The van der Waals surface area contributed by atoms with E-state index < -0.39 is 17.7 Å². The molecule has 1 aromatic heterocycles. The zero-order valence-corrected chi connectivity index (χ0v) is 16.3. The summed E-state index contributed by atoms with van der Waals surface area (Å²) < 4.78 is 10.9. The Morgan fingerprint density at radius 2 is 2.11 bits per heavy atom. The number of Topliss-reactive ketones (excluding diaryl/α,β-unsaturated/α-hetero) is 1. The van der Waals surface area contributed by atoms with E-state index in [1.165, 1.54) is 11.3 Å². The zero-order chi connectivity index (χ0) is 19.7. The fraction of sp³-hybridized carbons (Fsp3) is 0.333. The van der Waals surface area contributed by atoms with Gasteiger partial charge in [-0.15, -0.1) is 11.3 Å². The lowest BCUT2D eigenvalue weighted by molar-refractivity contribution is -0.131. The zero-order valence-electron chi connectivity index (χ0n) is 15.5. The average Bonchev–Trinajstić information content (AvgIpc) is 3.46. The lowest BCUT2D eigenvalue weighted by atomic mass is 9.95. The maximum absolute atomic E-state index is 13.1. The molecule has 7 heteroatoms. The summed E-state index contributed by atoms with van der Waals surface area (Å²) in [5.74, 6) is -0.650. The second-order valence-corrected chi connectivity index (χ2v) is 7.78. The topological polar surface area (TPSA) is 76.1 Å². The Bertz CT molecular complexity index is 897. The first kappa shape index (κ1) is 18.7. The Hall–Kier alpha value is -2.64. The van der Waals surface area contributed by atoms with Crippen LogP contribution in [0.3, 0.4) is 0 Å². The molecule has 2 aliphatic heterocycles. The van der Waals surface area contributed by atoms with Crippen molar-refractivity contribution in [2.24, 2.45) is 0 Å². The summed E-state index contributed by atoms with van der Waals surface area (Å²) in [5.41, 5.74) is 0.867. The van der Waals surface area contributed by atoms with Gasteiger partial charge in [0.15, 0.2) is 5.76 Å². The van der Waals surface area contributed by atoms with Gasteiger partial charge in [-0.25, -0.2) is 0 Å². The van der Waals surface area contributed by atoms with Gasteiger partial charge in [-0.1, -0.05) is 18.2 Å². The van der Waals surface area contributed by atoms with Crippen molar-refractivity contribution in [3.63, 3.8) is 0 Å². The molecule has 0 saturated carbocycles. The van der Waals surface area contributed by atoms with Gasteiger partial charge in [0.1, 0.15) is 5.75 Å². The minimum absolute atomic E-state index is 0.0892. The summed E-state index contributed by atoms with van der Waals surface area (Å²) in [5, 5.41) is 12.4. The largest absolute Gasteiger partial charge is 0.503 e. The molecular weight excluding hydrogens is 378 g/mol. The molecule has 1 amide bonds. The highest BCUT2D eigenvalue weighted by atomic mass is 32.1. The van der Waals surface area contributed by atoms with Gasteiger partial charge in [0.25, 0.3) is 5.91 Å². The van der Waals surface area contributed by atoms with Crippen molar-refractivity contribution in [3.05, 3.63) is 63.6 Å². The van der Waals surface area contributed by atoms with E-state index in [2.05, 4.69) is 0 Å². The number of amides is 1. The van der Waals surface area contributed by atoms with Gasteiger partial charge >= 0.3 is 0 Å². The normalized spacial score (nSPS) is 22.2. The molecule has 146 valence electrons. The number of methoxy groups -OCH3 is 1. The molecule has 4 rings (SSSR count). The molecule has 2 atom stereocenters. The van der Waals surface area contributed by atoms with Crippen LogP contribution in [-0.2, 0) is 9.53 Å². The number of nitrogens with zero attached hydrogens (tertiary/aromatic N) is 1. The molecule has 0 radical (unpaired) electrons. The van der Waals surface area contributed by atoms with Crippen LogP contribution < -0.4 is 4.74 Å². The van der Waals surface area contributed by atoms with Gasteiger partial charge in [0.05, 0.1) is 29.7 Å². The van der Waals surface area contributed by atoms with Crippen LogP contribution >= 0.6 is 11.3 Å². The van der Waals surface area contributed by atoms with Crippen LogP contribution in [0, 0.1) is 0 Å². The number of aliphatic hydroxyl groups excluding tert-OH is 1. The number of benzene rings is 1. The summed E-state index contributed by atoms with van der Waals surface area (Å²) in [6, 6.07) is 10.0. The molecule has 2 aliphatic rings. The molecule has 0 aliphatic carbocycles. The van der Waals surface area contributed by atoms with Crippen molar-refractivity contribution >= 4 is 23.0 Å². The number of hydrogen-bond donors (Lipinski definition) is 1. The summed E-state index contributed by atoms with van der Waals surface area (Å²) in [4.78, 5) is 28.0.